The van der Waals surface area contributed by atoms with Crippen LogP contribution in [0.1, 0.15) is 6.92 Å². The van der Waals surface area contributed by atoms with Gasteiger partial charge < -0.3 is 9.80 Å². The van der Waals surface area contributed by atoms with Crippen LogP contribution in [0.15, 0.2) is 53.4 Å². The summed E-state index contributed by atoms with van der Waals surface area (Å²) in [4.78, 5) is 17.0. The smallest absolute Gasteiger partial charge is 0.264 e. The maximum Gasteiger partial charge on any atom is 0.264 e. The summed E-state index contributed by atoms with van der Waals surface area (Å²) in [5.74, 6) is -0.253. The third kappa shape index (κ3) is 5.22. The van der Waals surface area contributed by atoms with Gasteiger partial charge in [0.15, 0.2) is 0 Å². The number of likely N-dealkylation sites (N-methyl/N-ethyl adjacent to an activating group) is 1. The molecule has 2 aromatic rings. The molecule has 0 atom stereocenters. The molecule has 0 N–H and O–H groups in total. The second-order valence-corrected chi connectivity index (χ2v) is 9.50. The van der Waals surface area contributed by atoms with Crippen LogP contribution in [0.2, 0.25) is 10.0 Å². The number of nitrogens with zero attached hydrogens (tertiary/aromatic N) is 3. The van der Waals surface area contributed by atoms with Gasteiger partial charge in [0, 0.05) is 36.2 Å². The van der Waals surface area contributed by atoms with Crippen molar-refractivity contribution in [3.8, 4) is 0 Å². The zero-order valence-corrected chi connectivity index (χ0v) is 18.4. The summed E-state index contributed by atoms with van der Waals surface area (Å²) in [6.45, 7) is 5.38. The van der Waals surface area contributed by atoms with E-state index < -0.39 is 10.0 Å². The van der Waals surface area contributed by atoms with Gasteiger partial charge in [-0.15, -0.1) is 0 Å². The summed E-state index contributed by atoms with van der Waals surface area (Å²) in [5, 5.41) is 0.592. The zero-order chi connectivity index (χ0) is 21.0. The van der Waals surface area contributed by atoms with E-state index in [1.807, 2.05) is 0 Å². The van der Waals surface area contributed by atoms with Crippen molar-refractivity contribution in [3.05, 3.63) is 58.6 Å². The standard InChI is InChI=1S/C20H23Cl2N3O3S/c1-2-23-8-10-24(11-9-23)20(26)15-25(18-13-16(21)12-17(22)14-18)29(27,28)19-6-4-3-5-7-19/h3-7,12-14H,2,8-11,15H2,1H3. The van der Waals surface area contributed by atoms with E-state index in [2.05, 4.69) is 11.8 Å². The molecule has 1 amide bonds. The quantitative estimate of drug-likeness (QED) is 0.669. The second kappa shape index (κ2) is 9.34. The fourth-order valence-electron chi connectivity index (χ4n) is 3.25. The summed E-state index contributed by atoms with van der Waals surface area (Å²) >= 11 is 12.2. The van der Waals surface area contributed by atoms with Crippen molar-refractivity contribution in [1.29, 1.82) is 0 Å². The molecule has 1 heterocycles. The minimum Gasteiger partial charge on any atom is -0.339 e. The molecule has 1 aliphatic heterocycles. The highest BCUT2D eigenvalue weighted by molar-refractivity contribution is 7.92. The van der Waals surface area contributed by atoms with E-state index in [4.69, 9.17) is 23.2 Å². The molecule has 0 aliphatic carbocycles. The molecule has 2 aromatic carbocycles. The van der Waals surface area contributed by atoms with E-state index in [-0.39, 0.29) is 23.0 Å². The molecular formula is C20H23Cl2N3O3S. The monoisotopic (exact) mass is 455 g/mol. The van der Waals surface area contributed by atoms with E-state index in [1.54, 1.807) is 23.1 Å². The van der Waals surface area contributed by atoms with Gasteiger partial charge in [-0.05, 0) is 36.9 Å². The van der Waals surface area contributed by atoms with E-state index in [0.717, 1.165) is 23.9 Å². The lowest BCUT2D eigenvalue weighted by atomic mass is 10.3. The molecule has 1 aliphatic rings. The number of anilines is 1. The Labute approximate surface area is 181 Å². The molecule has 0 unspecified atom stereocenters. The fourth-order valence-corrected chi connectivity index (χ4v) is 5.19. The van der Waals surface area contributed by atoms with Crippen molar-refractivity contribution >= 4 is 44.8 Å². The predicted octanol–water partition coefficient (Wildman–Crippen LogP) is 3.35. The Bertz CT molecular complexity index is 942. The number of rotatable bonds is 6. The molecule has 0 saturated carbocycles. The van der Waals surface area contributed by atoms with Crippen molar-refractivity contribution in [2.24, 2.45) is 0 Å². The van der Waals surface area contributed by atoms with Crippen LogP contribution in [0.5, 0.6) is 0 Å². The topological polar surface area (TPSA) is 60.9 Å². The maximum absolute atomic E-state index is 13.3. The van der Waals surface area contributed by atoms with Gasteiger partial charge in [0.2, 0.25) is 5.91 Å². The SMILES string of the molecule is CCN1CCN(C(=O)CN(c2cc(Cl)cc(Cl)c2)S(=O)(=O)c2ccccc2)CC1. The van der Waals surface area contributed by atoms with Gasteiger partial charge in [-0.2, -0.15) is 0 Å². The summed E-state index contributed by atoms with van der Waals surface area (Å²) < 4.78 is 27.7. The predicted molar refractivity (Wildman–Crippen MR) is 116 cm³/mol. The Kier molecular flexibility index (Phi) is 7.05. The molecule has 0 radical (unpaired) electrons. The second-order valence-electron chi connectivity index (χ2n) is 6.77. The van der Waals surface area contributed by atoms with Gasteiger partial charge in [0.1, 0.15) is 6.54 Å². The minimum absolute atomic E-state index is 0.0969. The van der Waals surface area contributed by atoms with Crippen molar-refractivity contribution < 1.29 is 13.2 Å². The van der Waals surface area contributed by atoms with Gasteiger partial charge in [-0.25, -0.2) is 8.42 Å². The number of hydrogen-bond acceptors (Lipinski definition) is 4. The molecule has 3 rings (SSSR count). The van der Waals surface area contributed by atoms with Gasteiger partial charge in [-0.1, -0.05) is 48.3 Å². The number of benzene rings is 2. The molecule has 0 bridgehead atoms. The van der Waals surface area contributed by atoms with Crippen molar-refractivity contribution in [3.63, 3.8) is 0 Å². The number of hydrogen-bond donors (Lipinski definition) is 0. The van der Waals surface area contributed by atoms with E-state index in [1.165, 1.54) is 30.3 Å². The van der Waals surface area contributed by atoms with Crippen LogP contribution in [0, 0.1) is 0 Å². The fraction of sp³-hybridized carbons (Fsp3) is 0.350. The van der Waals surface area contributed by atoms with Crippen LogP contribution in [0.25, 0.3) is 0 Å². The number of sulfonamides is 1. The average molecular weight is 456 g/mol. The number of amides is 1. The Morgan fingerprint density at radius 1 is 1.00 bits per heavy atom. The zero-order valence-electron chi connectivity index (χ0n) is 16.1. The summed E-state index contributed by atoms with van der Waals surface area (Å²) in [7, 11) is -3.98. The van der Waals surface area contributed by atoms with E-state index >= 15 is 0 Å². The Morgan fingerprint density at radius 2 is 1.59 bits per heavy atom. The van der Waals surface area contributed by atoms with Crippen LogP contribution in [-0.2, 0) is 14.8 Å². The summed E-state index contributed by atoms with van der Waals surface area (Å²) in [6, 6.07) is 12.5. The third-order valence-electron chi connectivity index (χ3n) is 4.92. The van der Waals surface area contributed by atoms with E-state index in [0.29, 0.717) is 23.1 Å². The molecule has 29 heavy (non-hydrogen) atoms. The molecule has 0 spiro atoms. The summed E-state index contributed by atoms with van der Waals surface area (Å²) in [6.07, 6.45) is 0. The number of carbonyl (C=O) groups excluding carboxylic acids is 1. The normalized spacial score (nSPS) is 15.3. The van der Waals surface area contributed by atoms with Crippen molar-refractivity contribution in [2.45, 2.75) is 11.8 Å². The first-order chi connectivity index (χ1) is 13.8. The first-order valence-corrected chi connectivity index (χ1v) is 11.5. The third-order valence-corrected chi connectivity index (χ3v) is 7.14. The number of carbonyl (C=O) groups is 1. The van der Waals surface area contributed by atoms with Crippen molar-refractivity contribution in [1.82, 2.24) is 9.80 Å². The Morgan fingerprint density at radius 3 is 2.14 bits per heavy atom. The van der Waals surface area contributed by atoms with Crippen LogP contribution in [-0.4, -0.2) is 63.4 Å². The lowest BCUT2D eigenvalue weighted by Gasteiger charge is -2.35. The first kappa shape index (κ1) is 21.9. The highest BCUT2D eigenvalue weighted by atomic mass is 35.5. The molecular weight excluding hydrogens is 433 g/mol. The highest BCUT2D eigenvalue weighted by Crippen LogP contribution is 2.29. The average Bonchev–Trinajstić information content (AvgIpc) is 2.71. The van der Waals surface area contributed by atoms with Crippen LogP contribution in [0.3, 0.4) is 0 Å². The number of halogens is 2. The maximum atomic E-state index is 13.3. The van der Waals surface area contributed by atoms with Crippen LogP contribution < -0.4 is 4.31 Å². The highest BCUT2D eigenvalue weighted by Gasteiger charge is 2.30. The number of piperazine rings is 1. The summed E-state index contributed by atoms with van der Waals surface area (Å²) in [5.41, 5.74) is 0.256. The largest absolute Gasteiger partial charge is 0.339 e. The first-order valence-electron chi connectivity index (χ1n) is 9.35. The van der Waals surface area contributed by atoms with Gasteiger partial charge in [0.05, 0.1) is 10.6 Å². The van der Waals surface area contributed by atoms with Crippen LogP contribution >= 0.6 is 23.2 Å². The lowest BCUT2D eigenvalue weighted by Crippen LogP contribution is -2.51. The van der Waals surface area contributed by atoms with E-state index in [9.17, 15) is 13.2 Å². The van der Waals surface area contributed by atoms with Crippen LogP contribution in [0.4, 0.5) is 5.69 Å². The molecule has 156 valence electrons. The van der Waals surface area contributed by atoms with Gasteiger partial charge in [-0.3, -0.25) is 9.10 Å². The Hall–Kier alpha value is -1.80. The molecule has 0 aromatic heterocycles. The van der Waals surface area contributed by atoms with Gasteiger partial charge in [0.25, 0.3) is 10.0 Å². The Balaban J connectivity index is 1.92. The minimum atomic E-state index is -3.98. The van der Waals surface area contributed by atoms with Crippen molar-refractivity contribution in [2.75, 3.05) is 43.6 Å². The molecule has 9 heteroatoms. The molecule has 1 saturated heterocycles. The molecule has 1 fully saturated rings. The lowest BCUT2D eigenvalue weighted by molar-refractivity contribution is -0.131. The van der Waals surface area contributed by atoms with Gasteiger partial charge >= 0.3 is 0 Å². The molecule has 6 nitrogen and oxygen atoms in total.